The standard InChI is InChI=1S/C14H23N3O3/c1-2-19-14(6-4-3-5-7-14)13-16-12(20-17-13)11-8-10(18)9-15-11/h10-11,15,18H,2-9H2,1H3/t10-,11+/m1/s1. The van der Waals surface area contributed by atoms with E-state index in [1.54, 1.807) is 0 Å². The molecular formula is C14H23N3O3. The van der Waals surface area contributed by atoms with Crippen LogP contribution in [-0.2, 0) is 10.3 Å². The van der Waals surface area contributed by atoms with Crippen molar-refractivity contribution in [2.75, 3.05) is 13.2 Å². The molecule has 3 rings (SSSR count). The van der Waals surface area contributed by atoms with Gasteiger partial charge in [-0.3, -0.25) is 0 Å². The summed E-state index contributed by atoms with van der Waals surface area (Å²) in [5.41, 5.74) is -0.369. The molecule has 2 aliphatic rings. The van der Waals surface area contributed by atoms with Crippen LogP contribution in [-0.4, -0.2) is 34.5 Å². The van der Waals surface area contributed by atoms with Crippen molar-refractivity contribution in [2.45, 2.75) is 63.2 Å². The lowest BCUT2D eigenvalue weighted by Crippen LogP contribution is -2.33. The predicted octanol–water partition coefficient (Wildman–Crippen LogP) is 1.66. The SMILES string of the molecule is CCOC1(c2noc([C@@H]3C[C@@H](O)CN3)n2)CCCCC1. The zero-order valence-electron chi connectivity index (χ0n) is 12.0. The third kappa shape index (κ3) is 2.60. The van der Waals surface area contributed by atoms with Crippen molar-refractivity contribution < 1.29 is 14.4 Å². The van der Waals surface area contributed by atoms with E-state index >= 15 is 0 Å². The number of hydrogen-bond donors (Lipinski definition) is 2. The first-order chi connectivity index (χ1) is 9.73. The van der Waals surface area contributed by atoms with E-state index in [1.807, 2.05) is 6.92 Å². The Bertz CT molecular complexity index is 437. The second-order valence-electron chi connectivity index (χ2n) is 5.79. The molecule has 112 valence electrons. The number of nitrogens with zero attached hydrogens (tertiary/aromatic N) is 2. The van der Waals surface area contributed by atoms with Crippen molar-refractivity contribution in [3.05, 3.63) is 11.7 Å². The molecule has 2 heterocycles. The molecule has 20 heavy (non-hydrogen) atoms. The summed E-state index contributed by atoms with van der Waals surface area (Å²) in [6.45, 7) is 3.25. The molecule has 0 spiro atoms. The average molecular weight is 281 g/mol. The Hall–Kier alpha value is -0.980. The van der Waals surface area contributed by atoms with Gasteiger partial charge in [0, 0.05) is 13.2 Å². The van der Waals surface area contributed by atoms with Crippen molar-refractivity contribution in [3.8, 4) is 0 Å². The van der Waals surface area contributed by atoms with Gasteiger partial charge in [0.2, 0.25) is 11.7 Å². The van der Waals surface area contributed by atoms with E-state index in [1.165, 1.54) is 6.42 Å². The number of nitrogens with one attached hydrogen (secondary N) is 1. The van der Waals surface area contributed by atoms with Gasteiger partial charge in [-0.15, -0.1) is 0 Å². The maximum Gasteiger partial charge on any atom is 0.243 e. The lowest BCUT2D eigenvalue weighted by Gasteiger charge is -2.33. The first kappa shape index (κ1) is 14.0. The zero-order chi connectivity index (χ0) is 14.0. The van der Waals surface area contributed by atoms with Crippen LogP contribution >= 0.6 is 0 Å². The van der Waals surface area contributed by atoms with Crippen molar-refractivity contribution >= 4 is 0 Å². The monoisotopic (exact) mass is 281 g/mol. The van der Waals surface area contributed by atoms with Crippen LogP contribution in [0.4, 0.5) is 0 Å². The lowest BCUT2D eigenvalue weighted by atomic mass is 9.84. The molecule has 6 heteroatoms. The number of β-amino-alcohol motifs (C(OH)–C–C–N with tert-alkyl or cyclic N) is 1. The molecule has 0 bridgehead atoms. The molecule has 1 aliphatic carbocycles. The van der Waals surface area contributed by atoms with E-state index in [9.17, 15) is 5.11 Å². The first-order valence-electron chi connectivity index (χ1n) is 7.63. The molecule has 2 fully saturated rings. The van der Waals surface area contributed by atoms with Crippen LogP contribution in [0.25, 0.3) is 0 Å². The number of hydrogen-bond acceptors (Lipinski definition) is 6. The lowest BCUT2D eigenvalue weighted by molar-refractivity contribution is -0.0777. The third-order valence-corrected chi connectivity index (χ3v) is 4.34. The number of aromatic nitrogens is 2. The second-order valence-corrected chi connectivity index (χ2v) is 5.79. The van der Waals surface area contributed by atoms with Gasteiger partial charge in [-0.1, -0.05) is 24.4 Å². The fourth-order valence-electron chi connectivity index (χ4n) is 3.30. The third-order valence-electron chi connectivity index (χ3n) is 4.34. The average Bonchev–Trinajstić information content (AvgIpc) is 3.09. The molecule has 1 aliphatic heterocycles. The number of ether oxygens (including phenoxy) is 1. The van der Waals surface area contributed by atoms with Crippen LogP contribution in [0.15, 0.2) is 4.52 Å². The Morgan fingerprint density at radius 2 is 2.20 bits per heavy atom. The molecule has 0 aromatic carbocycles. The Balaban J connectivity index is 1.79. The van der Waals surface area contributed by atoms with E-state index in [0.29, 0.717) is 31.3 Å². The minimum absolute atomic E-state index is 0.0338. The minimum Gasteiger partial charge on any atom is -0.392 e. The molecule has 1 aromatic heterocycles. The maximum absolute atomic E-state index is 9.57. The van der Waals surface area contributed by atoms with Crippen LogP contribution in [0.3, 0.4) is 0 Å². The summed E-state index contributed by atoms with van der Waals surface area (Å²) in [7, 11) is 0. The topological polar surface area (TPSA) is 80.4 Å². The molecule has 6 nitrogen and oxygen atoms in total. The number of aliphatic hydroxyl groups excluding tert-OH is 1. The Kier molecular flexibility index (Phi) is 4.05. The summed E-state index contributed by atoms with van der Waals surface area (Å²) in [4.78, 5) is 4.56. The van der Waals surface area contributed by atoms with Crippen LogP contribution < -0.4 is 5.32 Å². The molecule has 0 amide bonds. The largest absolute Gasteiger partial charge is 0.392 e. The predicted molar refractivity (Wildman–Crippen MR) is 72.1 cm³/mol. The van der Waals surface area contributed by atoms with Gasteiger partial charge in [0.25, 0.3) is 0 Å². The molecule has 1 saturated heterocycles. The van der Waals surface area contributed by atoms with Gasteiger partial charge in [-0.2, -0.15) is 4.98 Å². The van der Waals surface area contributed by atoms with Gasteiger partial charge >= 0.3 is 0 Å². The highest BCUT2D eigenvalue weighted by molar-refractivity contribution is 5.06. The second kappa shape index (κ2) is 5.79. The van der Waals surface area contributed by atoms with Gasteiger partial charge in [0.1, 0.15) is 5.60 Å². The van der Waals surface area contributed by atoms with Gasteiger partial charge in [0.05, 0.1) is 12.1 Å². The zero-order valence-corrected chi connectivity index (χ0v) is 12.0. The highest BCUT2D eigenvalue weighted by atomic mass is 16.5. The highest BCUT2D eigenvalue weighted by Crippen LogP contribution is 2.39. The molecular weight excluding hydrogens is 258 g/mol. The van der Waals surface area contributed by atoms with Crippen LogP contribution in [0.1, 0.15) is 63.2 Å². The molecule has 0 radical (unpaired) electrons. The fraction of sp³-hybridized carbons (Fsp3) is 0.857. The van der Waals surface area contributed by atoms with E-state index in [4.69, 9.17) is 9.26 Å². The molecule has 2 atom stereocenters. The van der Waals surface area contributed by atoms with Crippen LogP contribution in [0.5, 0.6) is 0 Å². The fourth-order valence-corrected chi connectivity index (χ4v) is 3.30. The van der Waals surface area contributed by atoms with Crippen molar-refractivity contribution in [3.63, 3.8) is 0 Å². The summed E-state index contributed by atoms with van der Waals surface area (Å²) >= 11 is 0. The number of aliphatic hydroxyl groups is 1. The van der Waals surface area contributed by atoms with E-state index in [-0.39, 0.29) is 17.7 Å². The van der Waals surface area contributed by atoms with Crippen molar-refractivity contribution in [1.29, 1.82) is 0 Å². The summed E-state index contributed by atoms with van der Waals surface area (Å²) < 4.78 is 11.4. The Labute approximate surface area is 118 Å². The van der Waals surface area contributed by atoms with Crippen molar-refractivity contribution in [1.82, 2.24) is 15.5 Å². The van der Waals surface area contributed by atoms with Crippen molar-refractivity contribution in [2.24, 2.45) is 0 Å². The number of rotatable bonds is 4. The first-order valence-corrected chi connectivity index (χ1v) is 7.63. The summed E-state index contributed by atoms with van der Waals surface area (Å²) in [5, 5.41) is 16.9. The van der Waals surface area contributed by atoms with Crippen LogP contribution in [0, 0.1) is 0 Å². The molecule has 0 unspecified atom stereocenters. The summed E-state index contributed by atoms with van der Waals surface area (Å²) in [6.07, 6.45) is 5.75. The summed E-state index contributed by atoms with van der Waals surface area (Å²) in [6, 6.07) is -0.0338. The van der Waals surface area contributed by atoms with Gasteiger partial charge < -0.3 is 19.7 Å². The van der Waals surface area contributed by atoms with E-state index in [0.717, 1.165) is 25.7 Å². The highest BCUT2D eigenvalue weighted by Gasteiger charge is 2.40. The van der Waals surface area contributed by atoms with Gasteiger partial charge in [0.15, 0.2) is 0 Å². The molecule has 1 saturated carbocycles. The molecule has 1 aromatic rings. The quantitative estimate of drug-likeness (QED) is 0.873. The Morgan fingerprint density at radius 3 is 2.85 bits per heavy atom. The Morgan fingerprint density at radius 1 is 1.40 bits per heavy atom. The van der Waals surface area contributed by atoms with Gasteiger partial charge in [-0.25, -0.2) is 0 Å². The maximum atomic E-state index is 9.57. The van der Waals surface area contributed by atoms with Gasteiger partial charge in [-0.05, 0) is 26.2 Å². The molecule has 2 N–H and O–H groups in total. The minimum atomic E-state index is -0.369. The van der Waals surface area contributed by atoms with Crippen LogP contribution in [0.2, 0.25) is 0 Å². The van der Waals surface area contributed by atoms with E-state index < -0.39 is 0 Å². The van der Waals surface area contributed by atoms with E-state index in [2.05, 4.69) is 15.5 Å². The smallest absolute Gasteiger partial charge is 0.243 e. The summed E-state index contributed by atoms with van der Waals surface area (Å²) in [5.74, 6) is 1.25. The normalized spacial score (nSPS) is 29.7.